The van der Waals surface area contributed by atoms with Crippen molar-refractivity contribution in [2.24, 2.45) is 29.2 Å². The van der Waals surface area contributed by atoms with Gasteiger partial charge in [-0.2, -0.15) is 0 Å². The Hall–Kier alpha value is -13.4. The molecule has 4 rings (SSSR count). The molecular weight excluding hydrogens is 1700 g/mol. The molecule has 49 nitrogen and oxygen atoms in total. The molecule has 0 aliphatic carbocycles. The van der Waals surface area contributed by atoms with E-state index in [9.17, 15) is 142 Å². The van der Waals surface area contributed by atoms with Crippen LogP contribution in [0.3, 0.4) is 0 Å². The fraction of sp³-hybridized carbons (Fsp3) is 0.550. The lowest BCUT2D eigenvalue weighted by Gasteiger charge is -2.28. The Morgan fingerprint density at radius 3 is 1.03 bits per heavy atom. The van der Waals surface area contributed by atoms with Crippen LogP contribution < -0.4 is 96.5 Å². The molecule has 0 saturated heterocycles. The molecule has 712 valence electrons. The average Bonchev–Trinajstić information content (AvgIpc) is 1.69. The van der Waals surface area contributed by atoms with Crippen LogP contribution in [-0.4, -0.2) is 317 Å². The SMILES string of the molecule is CC(C)C[C@H](NC(=O)[C@H](CO)NC(=O)[C@@H](N)CC(C)C)C(=O)N[C@@H](Cc1c[nH]c2ccccc12)C(=O)N[C@@H](CO)C(=O)N[C@@H](CCC(=O)O)C(=O)N[C@@H](CO)C(=O)N[C@@H](CCC(=O)O)C(=O)N[C@@H](Cc1c[nH]c2ccccc12)C(=O)N[C@@H](CO)C(=O)N[C@@H](CC(=O)O)C(=O)N[C@@H](C)C(=O)N[C@@H](CO)C(=O)N[C@H](C(=O)N[C@H](C(=O)N[C@@H](C)C(=O)NCC(N)=O)[C@@H](C)O)C(C)C. The summed E-state index contributed by atoms with van der Waals surface area (Å²) in [6.45, 7) is 6.59. The van der Waals surface area contributed by atoms with E-state index in [4.69, 9.17) is 11.5 Å². The zero-order chi connectivity index (χ0) is 97.0. The summed E-state index contributed by atoms with van der Waals surface area (Å²) in [4.78, 5) is 275. The minimum Gasteiger partial charge on any atom is -0.481 e. The monoisotopic (exact) mass is 1820 g/mol. The number of aromatic nitrogens is 2. The lowest BCUT2D eigenvalue weighted by molar-refractivity contribution is -0.142. The number of carboxylic acids is 3. The van der Waals surface area contributed by atoms with Gasteiger partial charge in [0.1, 0.15) is 90.6 Å². The van der Waals surface area contributed by atoms with E-state index in [-0.39, 0.29) is 36.7 Å². The maximum absolute atomic E-state index is 14.6. The van der Waals surface area contributed by atoms with Gasteiger partial charge < -0.3 is 152 Å². The van der Waals surface area contributed by atoms with Gasteiger partial charge in [0.25, 0.3) is 0 Å². The number of carboxylic acid groups (broad SMARTS) is 3. The summed E-state index contributed by atoms with van der Waals surface area (Å²) in [6.07, 6.45) is -4.16. The highest BCUT2D eigenvalue weighted by molar-refractivity contribution is 6.02. The molecule has 17 atom stereocenters. The molecule has 0 aliphatic rings. The molecule has 129 heavy (non-hydrogen) atoms. The summed E-state index contributed by atoms with van der Waals surface area (Å²) in [5.74, 6) is -26.3. The predicted octanol–water partition coefficient (Wildman–Crippen LogP) is -10.0. The molecule has 31 N–H and O–H groups in total. The van der Waals surface area contributed by atoms with E-state index in [0.29, 0.717) is 27.4 Å². The number of hydrogen-bond acceptors (Lipinski definition) is 27. The summed E-state index contributed by atoms with van der Waals surface area (Å²) in [6, 6.07) is -15.4. The van der Waals surface area contributed by atoms with Gasteiger partial charge >= 0.3 is 17.9 Å². The molecule has 0 unspecified atom stereocenters. The number of hydrogen-bond donors (Lipinski definition) is 29. The van der Waals surface area contributed by atoms with Gasteiger partial charge in [-0.3, -0.25) is 95.9 Å². The van der Waals surface area contributed by atoms with Crippen LogP contribution in [0.2, 0.25) is 0 Å². The number of carbonyl (C=O) groups excluding carboxylic acids is 17. The number of aliphatic carboxylic acids is 3. The van der Waals surface area contributed by atoms with Crippen LogP contribution in [0.5, 0.6) is 0 Å². The zero-order valence-corrected chi connectivity index (χ0v) is 72.3. The van der Waals surface area contributed by atoms with Gasteiger partial charge in [0, 0.05) is 59.9 Å². The highest BCUT2D eigenvalue weighted by atomic mass is 16.4. The molecule has 0 fully saturated rings. The first-order chi connectivity index (χ1) is 60.7. The van der Waals surface area contributed by atoms with E-state index in [0.717, 1.165) is 13.8 Å². The number of benzene rings is 2. The smallest absolute Gasteiger partial charge is 0.305 e. The second kappa shape index (κ2) is 52.7. The van der Waals surface area contributed by atoms with Gasteiger partial charge in [-0.25, -0.2) is 0 Å². The second-order valence-electron chi connectivity index (χ2n) is 31.6. The fourth-order valence-corrected chi connectivity index (χ4v) is 12.7. The Morgan fingerprint density at radius 2 is 0.651 bits per heavy atom. The number of nitrogens with one attached hydrogen (secondary N) is 18. The van der Waals surface area contributed by atoms with Crippen LogP contribution in [0.15, 0.2) is 60.9 Å². The molecule has 2 aromatic heterocycles. The molecule has 4 aromatic rings. The third kappa shape index (κ3) is 35.1. The number of primary amides is 1. The summed E-state index contributed by atoms with van der Waals surface area (Å²) >= 11 is 0. The van der Waals surface area contributed by atoms with Gasteiger partial charge in [0.05, 0.1) is 58.1 Å². The molecular formula is C80H118N20O29. The number of nitrogens with two attached hydrogens (primary N) is 2. The van der Waals surface area contributed by atoms with Crippen molar-refractivity contribution in [1.82, 2.24) is 95.0 Å². The van der Waals surface area contributed by atoms with Crippen LogP contribution in [0, 0.1) is 17.8 Å². The molecule has 2 aromatic carbocycles. The van der Waals surface area contributed by atoms with Gasteiger partial charge in [-0.15, -0.1) is 0 Å². The lowest BCUT2D eigenvalue weighted by atomic mass is 10.00. The van der Waals surface area contributed by atoms with Crippen LogP contribution in [0.4, 0.5) is 0 Å². The summed E-state index contributed by atoms with van der Waals surface area (Å²) in [7, 11) is 0. The number of carbonyl (C=O) groups is 20. The molecule has 0 bridgehead atoms. The first-order valence-electron chi connectivity index (χ1n) is 41.0. The van der Waals surface area contributed by atoms with Crippen molar-refractivity contribution in [1.29, 1.82) is 0 Å². The average molecular weight is 1820 g/mol. The van der Waals surface area contributed by atoms with E-state index in [1.54, 1.807) is 62.4 Å². The number of fused-ring (bicyclic) bond motifs is 2. The van der Waals surface area contributed by atoms with E-state index in [1.165, 1.54) is 33.2 Å². The van der Waals surface area contributed by atoms with Crippen molar-refractivity contribution < 1.29 is 142 Å². The number of amides is 17. The van der Waals surface area contributed by atoms with Crippen molar-refractivity contribution >= 4 is 140 Å². The van der Waals surface area contributed by atoms with Gasteiger partial charge in [-0.05, 0) is 87.5 Å². The molecule has 0 saturated carbocycles. The van der Waals surface area contributed by atoms with Gasteiger partial charge in [0.2, 0.25) is 100 Å². The van der Waals surface area contributed by atoms with Crippen LogP contribution in [0.25, 0.3) is 21.8 Å². The van der Waals surface area contributed by atoms with E-state index in [1.807, 2.05) is 19.2 Å². The fourth-order valence-electron chi connectivity index (χ4n) is 12.7. The summed E-state index contributed by atoms with van der Waals surface area (Å²) in [5, 5.41) is 129. The van der Waals surface area contributed by atoms with Crippen LogP contribution in [-0.2, 0) is 109 Å². The summed E-state index contributed by atoms with van der Waals surface area (Å²) < 4.78 is 0. The van der Waals surface area contributed by atoms with E-state index < -0.39 is 305 Å². The second-order valence-corrected chi connectivity index (χ2v) is 31.6. The Labute approximate surface area is 737 Å². The number of aliphatic hydroxyl groups excluding tert-OH is 6. The maximum atomic E-state index is 14.6. The molecule has 2 heterocycles. The molecule has 49 heteroatoms. The van der Waals surface area contributed by atoms with Crippen LogP contribution >= 0.6 is 0 Å². The minimum atomic E-state index is -2.18. The maximum Gasteiger partial charge on any atom is 0.305 e. The molecule has 0 radical (unpaired) electrons. The highest BCUT2D eigenvalue weighted by Crippen LogP contribution is 2.22. The Morgan fingerprint density at radius 1 is 0.341 bits per heavy atom. The number of aliphatic hydroxyl groups is 6. The van der Waals surface area contributed by atoms with Crippen LogP contribution in [0.1, 0.15) is 118 Å². The summed E-state index contributed by atoms with van der Waals surface area (Å²) in [5.41, 5.74) is 12.8. The minimum absolute atomic E-state index is 0.0220. The quantitative estimate of drug-likeness (QED) is 0.0195. The van der Waals surface area contributed by atoms with Crippen molar-refractivity contribution in [2.45, 2.75) is 223 Å². The Balaban J connectivity index is 1.56. The number of aromatic amines is 2. The first kappa shape index (κ1) is 108. The zero-order valence-electron chi connectivity index (χ0n) is 72.3. The first-order valence-corrected chi connectivity index (χ1v) is 41.0. The number of H-pyrrole nitrogens is 2. The normalized spacial score (nSPS) is 15.2. The van der Waals surface area contributed by atoms with Crippen molar-refractivity contribution in [2.75, 3.05) is 39.6 Å². The topological polar surface area (TPSA) is 800 Å². The predicted molar refractivity (Wildman–Crippen MR) is 451 cm³/mol. The lowest BCUT2D eigenvalue weighted by Crippen LogP contribution is -2.62. The Kier molecular flexibility index (Phi) is 44.1. The highest BCUT2D eigenvalue weighted by Gasteiger charge is 2.40. The third-order valence-electron chi connectivity index (χ3n) is 19.8. The molecule has 17 amide bonds. The van der Waals surface area contributed by atoms with Crippen molar-refractivity contribution in [3.05, 3.63) is 72.1 Å². The Bertz CT molecular complexity index is 4630. The van der Waals surface area contributed by atoms with E-state index >= 15 is 0 Å². The van der Waals surface area contributed by atoms with Crippen molar-refractivity contribution in [3.8, 4) is 0 Å². The third-order valence-corrected chi connectivity index (χ3v) is 19.8. The van der Waals surface area contributed by atoms with Gasteiger partial charge in [0.15, 0.2) is 0 Å². The van der Waals surface area contributed by atoms with Crippen molar-refractivity contribution in [3.63, 3.8) is 0 Å². The number of rotatable bonds is 56. The molecule has 0 spiro atoms. The van der Waals surface area contributed by atoms with Gasteiger partial charge in [-0.1, -0.05) is 77.9 Å². The largest absolute Gasteiger partial charge is 0.481 e. The standard InChI is InChI=1S/C80H118N20O29/c1-35(2)22-45(81)67(116)95-54(30-101)76(125)90-50(23-36(3)4)71(120)92-52(25-42-28-84-47-17-13-11-15-44(42)47)73(122)97-56(32-103)75(124)89-49(19-21-61(110)111)69(118)96-55(31-102)74(123)88-48(18-20-60(108)109)68(117)91-51(24-41-27-83-46-16-12-10-14-43(41)46)72(121)98-57(33-104)77(126)93-53(26-62(112)113)70(119)86-39(8)66(115)94-58(34-105)78(127)99-63(37(5)6)79(128)100-64(40(9)106)80(129)87-38(7)65(114)85-29-59(82)107/h10-17,27-28,35-40,45,48-58,63-64,83-84,101-106H,18-26,29-34,81H2,1-9H3,(H2,82,107)(H,85,114)(H,86,119)(H,87,129)(H,88,123)(H,89,124)(H,90,125)(H,91,117)(H,92,120)(H,93,126)(H,94,115)(H,95,116)(H,96,118)(H,97,122)(H,98,121)(H,99,127)(H,100,128)(H,108,109)(H,110,111)(H,112,113)/t38-,39-,40+,45-,48-,49-,50-,51-,52-,53-,54-,55-,56-,57-,58-,63-,64-/m0/s1. The number of para-hydroxylation sites is 2. The van der Waals surface area contributed by atoms with E-state index in [2.05, 4.69) is 89.7 Å². The molecule has 0 aliphatic heterocycles.